The van der Waals surface area contributed by atoms with Crippen molar-refractivity contribution in [2.24, 2.45) is 0 Å². The first-order valence-electron chi connectivity index (χ1n) is 6.38. The first-order chi connectivity index (χ1) is 9.81. The second-order valence-corrected chi connectivity index (χ2v) is 5.24. The fourth-order valence-corrected chi connectivity index (χ4v) is 1.95. The number of rotatable bonds is 7. The standard InChI is InChI=1S/C14H18ClFN2O3.ClH/c1-17(7-6-14(20)21)9-13(19)18(2)8-10-11(15)4-3-5-12(10)16;/h3-5H,6-9H2,1-2H3,(H,20,21);1H. The van der Waals surface area contributed by atoms with E-state index >= 15 is 0 Å². The van der Waals surface area contributed by atoms with Gasteiger partial charge in [-0.25, -0.2) is 4.39 Å². The highest BCUT2D eigenvalue weighted by molar-refractivity contribution is 6.31. The summed E-state index contributed by atoms with van der Waals surface area (Å²) in [6, 6.07) is 4.36. The molecular weight excluding hydrogens is 334 g/mol. The smallest absolute Gasteiger partial charge is 0.304 e. The minimum Gasteiger partial charge on any atom is -0.481 e. The van der Waals surface area contributed by atoms with Gasteiger partial charge in [0.25, 0.3) is 0 Å². The van der Waals surface area contributed by atoms with Crippen molar-refractivity contribution in [3.63, 3.8) is 0 Å². The number of hydrogen-bond donors (Lipinski definition) is 1. The van der Waals surface area contributed by atoms with Gasteiger partial charge in [-0.3, -0.25) is 14.5 Å². The lowest BCUT2D eigenvalue weighted by Gasteiger charge is -2.22. The van der Waals surface area contributed by atoms with Crippen LogP contribution in [0.1, 0.15) is 12.0 Å². The van der Waals surface area contributed by atoms with Gasteiger partial charge in [-0.2, -0.15) is 0 Å². The largest absolute Gasteiger partial charge is 0.481 e. The van der Waals surface area contributed by atoms with E-state index < -0.39 is 11.8 Å². The van der Waals surface area contributed by atoms with Gasteiger partial charge in [-0.05, 0) is 19.2 Å². The molecular formula is C14H19Cl2FN2O3. The molecule has 22 heavy (non-hydrogen) atoms. The quantitative estimate of drug-likeness (QED) is 0.817. The van der Waals surface area contributed by atoms with E-state index in [0.717, 1.165) is 0 Å². The Morgan fingerprint density at radius 1 is 1.32 bits per heavy atom. The van der Waals surface area contributed by atoms with Gasteiger partial charge in [0.2, 0.25) is 5.91 Å². The monoisotopic (exact) mass is 352 g/mol. The number of nitrogens with zero attached hydrogens (tertiary/aromatic N) is 2. The number of benzene rings is 1. The molecule has 1 N–H and O–H groups in total. The zero-order valence-electron chi connectivity index (χ0n) is 12.4. The third-order valence-corrected chi connectivity index (χ3v) is 3.35. The Kier molecular flexibility index (Phi) is 9.01. The molecule has 0 aliphatic heterocycles. The van der Waals surface area contributed by atoms with E-state index in [0.29, 0.717) is 0 Å². The number of carbonyl (C=O) groups is 2. The van der Waals surface area contributed by atoms with E-state index in [9.17, 15) is 14.0 Å². The number of carbonyl (C=O) groups excluding carboxylic acids is 1. The molecule has 0 radical (unpaired) electrons. The molecule has 1 aromatic carbocycles. The number of likely N-dealkylation sites (N-methyl/N-ethyl adjacent to an activating group) is 2. The molecule has 5 nitrogen and oxygen atoms in total. The topological polar surface area (TPSA) is 60.9 Å². The van der Waals surface area contributed by atoms with E-state index in [4.69, 9.17) is 16.7 Å². The van der Waals surface area contributed by atoms with Gasteiger partial charge in [0.15, 0.2) is 0 Å². The molecule has 0 heterocycles. The molecule has 8 heteroatoms. The van der Waals surface area contributed by atoms with Crippen LogP contribution < -0.4 is 0 Å². The van der Waals surface area contributed by atoms with E-state index in [1.54, 1.807) is 25.1 Å². The predicted octanol–water partition coefficient (Wildman–Crippen LogP) is 2.27. The molecule has 1 aromatic rings. The van der Waals surface area contributed by atoms with Crippen molar-refractivity contribution in [1.29, 1.82) is 0 Å². The van der Waals surface area contributed by atoms with E-state index in [1.165, 1.54) is 17.0 Å². The zero-order chi connectivity index (χ0) is 16.0. The van der Waals surface area contributed by atoms with Crippen LogP contribution in [-0.4, -0.2) is 54.0 Å². The average molecular weight is 353 g/mol. The summed E-state index contributed by atoms with van der Waals surface area (Å²) in [5, 5.41) is 8.86. The van der Waals surface area contributed by atoms with Gasteiger partial charge in [-0.15, -0.1) is 12.4 Å². The Morgan fingerprint density at radius 2 is 1.95 bits per heavy atom. The number of carboxylic acids is 1. The van der Waals surface area contributed by atoms with Crippen LogP contribution in [0.5, 0.6) is 0 Å². The molecule has 0 bridgehead atoms. The summed E-state index contributed by atoms with van der Waals surface area (Å²) in [7, 11) is 3.21. The fraction of sp³-hybridized carbons (Fsp3) is 0.429. The second kappa shape index (κ2) is 9.61. The van der Waals surface area contributed by atoms with Gasteiger partial charge in [-0.1, -0.05) is 17.7 Å². The highest BCUT2D eigenvalue weighted by Gasteiger charge is 2.16. The number of carboxylic acid groups (broad SMARTS) is 1. The van der Waals surface area contributed by atoms with Crippen LogP contribution in [0, 0.1) is 5.82 Å². The second-order valence-electron chi connectivity index (χ2n) is 4.83. The zero-order valence-corrected chi connectivity index (χ0v) is 14.0. The third kappa shape index (κ3) is 6.60. The maximum absolute atomic E-state index is 13.6. The van der Waals surface area contributed by atoms with Crippen molar-refractivity contribution in [3.05, 3.63) is 34.6 Å². The number of halogens is 3. The Bertz CT molecular complexity index is 509. The highest BCUT2D eigenvalue weighted by atomic mass is 35.5. The maximum Gasteiger partial charge on any atom is 0.304 e. The van der Waals surface area contributed by atoms with Crippen molar-refractivity contribution < 1.29 is 19.1 Å². The highest BCUT2D eigenvalue weighted by Crippen LogP contribution is 2.20. The summed E-state index contributed by atoms with van der Waals surface area (Å²) in [6.07, 6.45) is -0.0351. The molecule has 0 saturated carbocycles. The fourth-order valence-electron chi connectivity index (χ4n) is 1.73. The summed E-state index contributed by atoms with van der Waals surface area (Å²) >= 11 is 5.91. The molecule has 1 rings (SSSR count). The Balaban J connectivity index is 0.00000441. The lowest BCUT2D eigenvalue weighted by molar-refractivity contribution is -0.138. The van der Waals surface area contributed by atoms with E-state index in [-0.39, 0.29) is 55.0 Å². The first-order valence-corrected chi connectivity index (χ1v) is 6.76. The molecule has 0 spiro atoms. The van der Waals surface area contributed by atoms with Crippen LogP contribution in [0.3, 0.4) is 0 Å². The maximum atomic E-state index is 13.6. The van der Waals surface area contributed by atoms with Gasteiger partial charge < -0.3 is 10.0 Å². The van der Waals surface area contributed by atoms with Crippen LogP contribution in [0.4, 0.5) is 4.39 Å². The summed E-state index contributed by atoms with van der Waals surface area (Å²) in [5.41, 5.74) is 0.267. The van der Waals surface area contributed by atoms with Gasteiger partial charge in [0.1, 0.15) is 5.82 Å². The Morgan fingerprint density at radius 3 is 2.50 bits per heavy atom. The minimum atomic E-state index is -0.916. The van der Waals surface area contributed by atoms with E-state index in [1.807, 2.05) is 0 Å². The van der Waals surface area contributed by atoms with Gasteiger partial charge in [0, 0.05) is 30.7 Å². The number of aliphatic carboxylic acids is 1. The average Bonchev–Trinajstić information content (AvgIpc) is 2.40. The number of hydrogen-bond acceptors (Lipinski definition) is 3. The van der Waals surface area contributed by atoms with Crippen molar-refractivity contribution in [2.75, 3.05) is 27.2 Å². The lowest BCUT2D eigenvalue weighted by Crippen LogP contribution is -2.37. The Labute approximate surface area is 140 Å². The Hall–Kier alpha value is -1.37. The van der Waals surface area contributed by atoms with Crippen molar-refractivity contribution in [2.45, 2.75) is 13.0 Å². The molecule has 0 aromatic heterocycles. The van der Waals surface area contributed by atoms with E-state index in [2.05, 4.69) is 0 Å². The van der Waals surface area contributed by atoms with Gasteiger partial charge in [0.05, 0.1) is 13.0 Å². The van der Waals surface area contributed by atoms with Crippen molar-refractivity contribution in [1.82, 2.24) is 9.80 Å². The van der Waals surface area contributed by atoms with Crippen molar-refractivity contribution >= 4 is 35.9 Å². The molecule has 124 valence electrons. The predicted molar refractivity (Wildman–Crippen MR) is 84.9 cm³/mol. The lowest BCUT2D eigenvalue weighted by atomic mass is 10.2. The summed E-state index contributed by atoms with van der Waals surface area (Å²) < 4.78 is 13.6. The molecule has 0 fully saturated rings. The first kappa shape index (κ1) is 20.6. The van der Waals surface area contributed by atoms with Crippen LogP contribution >= 0.6 is 24.0 Å². The molecule has 0 unspecified atom stereocenters. The SMILES string of the molecule is CN(CCC(=O)O)CC(=O)N(C)Cc1c(F)cccc1Cl.Cl. The molecule has 0 aliphatic rings. The van der Waals surface area contributed by atoms with Crippen LogP contribution in [0.15, 0.2) is 18.2 Å². The number of amides is 1. The van der Waals surface area contributed by atoms with Crippen LogP contribution in [0.2, 0.25) is 5.02 Å². The molecule has 0 saturated heterocycles. The molecule has 0 atom stereocenters. The van der Waals surface area contributed by atoms with Crippen molar-refractivity contribution in [3.8, 4) is 0 Å². The molecule has 1 amide bonds. The molecule has 0 aliphatic carbocycles. The third-order valence-electron chi connectivity index (χ3n) is 3.00. The minimum absolute atomic E-state index is 0. The normalized spacial score (nSPS) is 10.2. The van der Waals surface area contributed by atoms with Crippen LogP contribution in [0.25, 0.3) is 0 Å². The van der Waals surface area contributed by atoms with Gasteiger partial charge >= 0.3 is 5.97 Å². The summed E-state index contributed by atoms with van der Waals surface area (Å²) in [5.74, 6) is -1.61. The summed E-state index contributed by atoms with van der Waals surface area (Å²) in [6.45, 7) is 0.405. The van der Waals surface area contributed by atoms with Crippen LogP contribution in [-0.2, 0) is 16.1 Å². The summed E-state index contributed by atoms with van der Waals surface area (Å²) in [4.78, 5) is 25.4.